The second-order valence-corrected chi connectivity index (χ2v) is 3.77. The Morgan fingerprint density at radius 3 is 2.76 bits per heavy atom. The summed E-state index contributed by atoms with van der Waals surface area (Å²) in [4.78, 5) is 0. The maximum atomic E-state index is 9.91. The van der Waals surface area contributed by atoms with Crippen LogP contribution in [0, 0.1) is 0 Å². The second-order valence-electron chi connectivity index (χ2n) is 3.77. The fraction of sp³-hybridized carbons (Fsp3) is 0.308. The van der Waals surface area contributed by atoms with Crippen LogP contribution in [0.15, 0.2) is 42.7 Å². The molecule has 1 atom stereocenters. The van der Waals surface area contributed by atoms with Crippen molar-refractivity contribution in [2.45, 2.75) is 19.6 Å². The summed E-state index contributed by atoms with van der Waals surface area (Å²) in [5.41, 5.74) is 0.780. The Morgan fingerprint density at radius 1 is 1.35 bits per heavy atom. The van der Waals surface area contributed by atoms with E-state index < -0.39 is 6.10 Å². The van der Waals surface area contributed by atoms with Crippen molar-refractivity contribution in [3.8, 4) is 5.75 Å². The molecule has 17 heavy (non-hydrogen) atoms. The minimum Gasteiger partial charge on any atom is -0.491 e. The number of aryl methyl sites for hydroxylation is 1. The van der Waals surface area contributed by atoms with E-state index in [1.807, 2.05) is 43.5 Å². The van der Waals surface area contributed by atoms with E-state index in [1.165, 1.54) is 0 Å². The van der Waals surface area contributed by atoms with Crippen LogP contribution in [-0.2, 0) is 6.54 Å². The smallest absolute Gasteiger partial charge is 0.119 e. The van der Waals surface area contributed by atoms with Crippen molar-refractivity contribution in [3.63, 3.8) is 0 Å². The van der Waals surface area contributed by atoms with Gasteiger partial charge in [-0.05, 0) is 19.1 Å². The molecule has 0 aliphatic rings. The lowest BCUT2D eigenvalue weighted by molar-refractivity contribution is 0.108. The molecule has 90 valence electrons. The van der Waals surface area contributed by atoms with Crippen LogP contribution in [0.25, 0.3) is 0 Å². The molecule has 2 rings (SSSR count). The van der Waals surface area contributed by atoms with Crippen molar-refractivity contribution in [2.24, 2.45) is 0 Å². The van der Waals surface area contributed by atoms with Gasteiger partial charge in [0.25, 0.3) is 0 Å². The predicted octanol–water partition coefficient (Wildman–Crippen LogP) is 2.02. The van der Waals surface area contributed by atoms with Crippen LogP contribution in [0.2, 0.25) is 0 Å². The van der Waals surface area contributed by atoms with Gasteiger partial charge in [0.2, 0.25) is 0 Å². The molecular formula is C13H16N2O2. The van der Waals surface area contributed by atoms with E-state index in [2.05, 4.69) is 5.10 Å². The van der Waals surface area contributed by atoms with E-state index in [0.717, 1.165) is 17.9 Å². The second kappa shape index (κ2) is 5.50. The largest absolute Gasteiger partial charge is 0.491 e. The molecule has 1 aromatic carbocycles. The maximum absolute atomic E-state index is 9.91. The standard InChI is InChI=1S/C13H16N2O2/c1-2-15-9-11(8-14-15)13(16)10-17-12-6-4-3-5-7-12/h3-9,13,16H,2,10H2,1H3. The van der Waals surface area contributed by atoms with E-state index in [0.29, 0.717) is 0 Å². The Bertz CT molecular complexity index is 453. The molecule has 1 heterocycles. The van der Waals surface area contributed by atoms with Crippen LogP contribution in [0.5, 0.6) is 5.75 Å². The molecule has 0 fully saturated rings. The number of aliphatic hydroxyl groups excluding tert-OH is 1. The van der Waals surface area contributed by atoms with Crippen molar-refractivity contribution < 1.29 is 9.84 Å². The van der Waals surface area contributed by atoms with Gasteiger partial charge in [-0.3, -0.25) is 4.68 Å². The van der Waals surface area contributed by atoms with E-state index >= 15 is 0 Å². The van der Waals surface area contributed by atoms with Crippen molar-refractivity contribution in [2.75, 3.05) is 6.61 Å². The quantitative estimate of drug-likeness (QED) is 0.857. The van der Waals surface area contributed by atoms with Gasteiger partial charge < -0.3 is 9.84 Å². The van der Waals surface area contributed by atoms with E-state index in [-0.39, 0.29) is 6.61 Å². The van der Waals surface area contributed by atoms with Gasteiger partial charge in [-0.25, -0.2) is 0 Å². The highest BCUT2D eigenvalue weighted by Crippen LogP contribution is 2.15. The lowest BCUT2D eigenvalue weighted by atomic mass is 10.2. The molecule has 0 aliphatic carbocycles. The maximum Gasteiger partial charge on any atom is 0.119 e. The van der Waals surface area contributed by atoms with Crippen LogP contribution in [0.1, 0.15) is 18.6 Å². The molecule has 0 saturated heterocycles. The van der Waals surface area contributed by atoms with E-state index in [1.54, 1.807) is 10.9 Å². The van der Waals surface area contributed by atoms with Gasteiger partial charge in [0, 0.05) is 18.3 Å². The summed E-state index contributed by atoms with van der Waals surface area (Å²) in [5, 5.41) is 14.0. The molecule has 0 saturated carbocycles. The fourth-order valence-corrected chi connectivity index (χ4v) is 1.51. The zero-order chi connectivity index (χ0) is 12.1. The summed E-state index contributed by atoms with van der Waals surface area (Å²) in [7, 11) is 0. The van der Waals surface area contributed by atoms with E-state index in [9.17, 15) is 5.11 Å². The zero-order valence-corrected chi connectivity index (χ0v) is 9.78. The number of rotatable bonds is 5. The molecule has 1 aromatic heterocycles. The SMILES string of the molecule is CCn1cc(C(O)COc2ccccc2)cn1. The molecule has 0 spiro atoms. The Morgan fingerprint density at radius 2 is 2.12 bits per heavy atom. The molecule has 0 radical (unpaired) electrons. The van der Waals surface area contributed by atoms with Crippen LogP contribution in [0.3, 0.4) is 0 Å². The molecule has 0 aliphatic heterocycles. The van der Waals surface area contributed by atoms with Crippen molar-refractivity contribution in [3.05, 3.63) is 48.3 Å². The molecule has 1 unspecified atom stereocenters. The molecular weight excluding hydrogens is 216 g/mol. The fourth-order valence-electron chi connectivity index (χ4n) is 1.51. The Kier molecular flexibility index (Phi) is 3.77. The topological polar surface area (TPSA) is 47.3 Å². The van der Waals surface area contributed by atoms with Gasteiger partial charge in [0.05, 0.1) is 6.20 Å². The lowest BCUT2D eigenvalue weighted by Crippen LogP contribution is -2.09. The molecule has 4 nitrogen and oxygen atoms in total. The van der Waals surface area contributed by atoms with Crippen molar-refractivity contribution in [1.82, 2.24) is 9.78 Å². The summed E-state index contributed by atoms with van der Waals surface area (Å²) < 4.78 is 7.26. The Balaban J connectivity index is 1.91. The first-order valence-corrected chi connectivity index (χ1v) is 5.68. The van der Waals surface area contributed by atoms with Crippen molar-refractivity contribution >= 4 is 0 Å². The van der Waals surface area contributed by atoms with Crippen LogP contribution < -0.4 is 4.74 Å². The number of nitrogens with zero attached hydrogens (tertiary/aromatic N) is 2. The number of para-hydroxylation sites is 1. The van der Waals surface area contributed by atoms with Crippen LogP contribution in [0.4, 0.5) is 0 Å². The van der Waals surface area contributed by atoms with E-state index in [4.69, 9.17) is 4.74 Å². The lowest BCUT2D eigenvalue weighted by Gasteiger charge is -2.10. The molecule has 2 aromatic rings. The van der Waals surface area contributed by atoms with Crippen LogP contribution >= 0.6 is 0 Å². The number of aliphatic hydroxyl groups is 1. The van der Waals surface area contributed by atoms with Gasteiger partial charge in [0.1, 0.15) is 18.5 Å². The zero-order valence-electron chi connectivity index (χ0n) is 9.78. The summed E-state index contributed by atoms with van der Waals surface area (Å²) in [6.07, 6.45) is 2.86. The summed E-state index contributed by atoms with van der Waals surface area (Å²) >= 11 is 0. The monoisotopic (exact) mass is 232 g/mol. The van der Waals surface area contributed by atoms with Crippen LogP contribution in [-0.4, -0.2) is 21.5 Å². The summed E-state index contributed by atoms with van der Waals surface area (Å²) in [6, 6.07) is 9.45. The number of hydrogen-bond acceptors (Lipinski definition) is 3. The minimum absolute atomic E-state index is 0.236. The summed E-state index contributed by atoms with van der Waals surface area (Å²) in [6.45, 7) is 3.04. The number of benzene rings is 1. The third-order valence-corrected chi connectivity index (χ3v) is 2.51. The number of ether oxygens (including phenoxy) is 1. The first kappa shape index (κ1) is 11.7. The van der Waals surface area contributed by atoms with Gasteiger partial charge >= 0.3 is 0 Å². The molecule has 0 amide bonds. The van der Waals surface area contributed by atoms with Crippen molar-refractivity contribution in [1.29, 1.82) is 0 Å². The molecule has 4 heteroatoms. The average molecular weight is 232 g/mol. The Hall–Kier alpha value is -1.81. The van der Waals surface area contributed by atoms with Gasteiger partial charge in [-0.2, -0.15) is 5.10 Å². The Labute approximate surface area is 100 Å². The highest BCUT2D eigenvalue weighted by molar-refractivity contribution is 5.21. The third-order valence-electron chi connectivity index (χ3n) is 2.51. The summed E-state index contributed by atoms with van der Waals surface area (Å²) in [5.74, 6) is 0.759. The normalized spacial score (nSPS) is 12.4. The highest BCUT2D eigenvalue weighted by Gasteiger charge is 2.10. The number of aromatic nitrogens is 2. The van der Waals surface area contributed by atoms with Gasteiger partial charge in [-0.15, -0.1) is 0 Å². The first-order chi connectivity index (χ1) is 8.29. The average Bonchev–Trinajstić information content (AvgIpc) is 2.86. The first-order valence-electron chi connectivity index (χ1n) is 5.68. The third kappa shape index (κ3) is 3.07. The minimum atomic E-state index is -0.643. The van der Waals surface area contributed by atoms with Gasteiger partial charge in [-0.1, -0.05) is 18.2 Å². The number of hydrogen-bond donors (Lipinski definition) is 1. The van der Waals surface area contributed by atoms with Gasteiger partial charge in [0.15, 0.2) is 0 Å². The highest BCUT2D eigenvalue weighted by atomic mass is 16.5. The molecule has 0 bridgehead atoms. The predicted molar refractivity (Wildman–Crippen MR) is 64.8 cm³/mol. The molecule has 1 N–H and O–H groups in total.